The third kappa shape index (κ3) is 22.3. The van der Waals surface area contributed by atoms with Crippen molar-refractivity contribution in [3.8, 4) is 0 Å². The Kier molecular flexibility index (Phi) is 26.3. The molecule has 11 heteroatoms. The van der Waals surface area contributed by atoms with Crippen LogP contribution in [0.15, 0.2) is 0 Å². The van der Waals surface area contributed by atoms with E-state index in [9.17, 15) is 27.4 Å². The molecule has 0 heterocycles. The first kappa shape index (κ1) is 38.8. The summed E-state index contributed by atoms with van der Waals surface area (Å²) in [6.45, 7) is 10.2. The number of hydrogen-bond donors (Lipinski definition) is 2. The Balaban J connectivity index is -0.00000129. The zero-order valence-electron chi connectivity index (χ0n) is 21.6. The van der Waals surface area contributed by atoms with Gasteiger partial charge >= 0.3 is 47.5 Å². The summed E-state index contributed by atoms with van der Waals surface area (Å²) < 4.78 is 42.8. The van der Waals surface area contributed by atoms with Gasteiger partial charge in [0.2, 0.25) is 0 Å². The summed E-state index contributed by atoms with van der Waals surface area (Å²) in [5.41, 5.74) is 0. The molecule has 0 aliphatic carbocycles. The fourth-order valence-electron chi connectivity index (χ4n) is 3.03. The monoisotopic (exact) mass is 534 g/mol. The molecule has 0 aliphatic heterocycles. The number of carbonyl (C=O) groups is 3. The molecular formula is C24H47NaO9S. The third-order valence-electron chi connectivity index (χ3n) is 5.47. The van der Waals surface area contributed by atoms with Crippen LogP contribution in [0, 0.1) is 11.8 Å². The van der Waals surface area contributed by atoms with E-state index in [1.165, 1.54) is 0 Å². The van der Waals surface area contributed by atoms with E-state index in [0.717, 1.165) is 57.8 Å². The van der Waals surface area contributed by atoms with E-state index in [-0.39, 0.29) is 54.6 Å². The molecule has 0 saturated heterocycles. The molecule has 9 nitrogen and oxygen atoms in total. The Morgan fingerprint density at radius 1 is 0.800 bits per heavy atom. The molecule has 0 bridgehead atoms. The van der Waals surface area contributed by atoms with Crippen LogP contribution in [0.1, 0.15) is 105 Å². The maximum atomic E-state index is 12.2. The summed E-state index contributed by atoms with van der Waals surface area (Å²) >= 11 is 0. The summed E-state index contributed by atoms with van der Waals surface area (Å²) in [5, 5.41) is 5.97. The molecule has 0 spiro atoms. The first-order valence-electron chi connectivity index (χ1n) is 12.5. The van der Waals surface area contributed by atoms with Crippen LogP contribution in [0.4, 0.5) is 0 Å². The number of aliphatic carboxylic acids is 1. The van der Waals surface area contributed by atoms with Crippen molar-refractivity contribution in [1.82, 2.24) is 0 Å². The van der Waals surface area contributed by atoms with Gasteiger partial charge in [0.15, 0.2) is 5.25 Å². The van der Waals surface area contributed by atoms with Crippen molar-refractivity contribution in [1.29, 1.82) is 0 Å². The molecule has 3 unspecified atom stereocenters. The van der Waals surface area contributed by atoms with Gasteiger partial charge in [-0.2, -0.15) is 8.42 Å². The van der Waals surface area contributed by atoms with Gasteiger partial charge < -0.3 is 14.6 Å². The van der Waals surface area contributed by atoms with E-state index in [1.54, 1.807) is 0 Å². The van der Waals surface area contributed by atoms with E-state index in [0.29, 0.717) is 6.42 Å². The molecule has 0 aromatic carbocycles. The number of carboxylic acids is 1. The Bertz CT molecular complexity index is 668. The maximum absolute atomic E-state index is 12.2. The molecule has 0 aliphatic rings. The average molecular weight is 535 g/mol. The molecule has 0 radical (unpaired) electrons. The summed E-state index contributed by atoms with van der Waals surface area (Å²) in [4.78, 5) is 33.8. The van der Waals surface area contributed by atoms with Gasteiger partial charge in [0.05, 0.1) is 19.6 Å². The number of ether oxygens (including phenoxy) is 2. The standard InChI is InChI=1S/C20H38O7S.C4H8O2.Na.H/c1-5-9-11-16(7-3)14-26-19(21)13-18(28(23,24)25)20(22)27-15-17(8-4)12-10-6-2;1-2-3-4(5)6;;/h16-18H,5-15H2,1-4H3,(H,23,24,25);2-3H2,1H3,(H,5,6);;. The molecule has 2 N–H and O–H groups in total. The Morgan fingerprint density at radius 2 is 1.26 bits per heavy atom. The summed E-state index contributed by atoms with van der Waals surface area (Å²) in [5.74, 6) is -2.32. The van der Waals surface area contributed by atoms with Gasteiger partial charge in [0.25, 0.3) is 10.1 Å². The van der Waals surface area contributed by atoms with Crippen LogP contribution >= 0.6 is 0 Å². The number of carbonyl (C=O) groups excluding carboxylic acids is 2. The normalized spacial score (nSPS) is 13.3. The number of rotatable bonds is 18. The topological polar surface area (TPSA) is 144 Å². The molecule has 0 aromatic rings. The van der Waals surface area contributed by atoms with Crippen molar-refractivity contribution in [2.24, 2.45) is 11.8 Å². The second kappa shape index (κ2) is 23.7. The van der Waals surface area contributed by atoms with Gasteiger partial charge in [0, 0.05) is 6.42 Å². The van der Waals surface area contributed by atoms with Crippen LogP contribution in [0.2, 0.25) is 0 Å². The molecular weight excluding hydrogens is 487 g/mol. The second-order valence-electron chi connectivity index (χ2n) is 8.50. The first-order valence-corrected chi connectivity index (χ1v) is 14.0. The minimum atomic E-state index is -4.76. The number of unbranched alkanes of at least 4 members (excludes halogenated alkanes) is 2. The van der Waals surface area contributed by atoms with Gasteiger partial charge in [0.1, 0.15) is 0 Å². The van der Waals surface area contributed by atoms with E-state index < -0.39 is 39.7 Å². The number of esters is 2. The average Bonchev–Trinajstić information content (AvgIpc) is 2.77. The van der Waals surface area contributed by atoms with Crippen molar-refractivity contribution < 1.29 is 41.9 Å². The zero-order valence-corrected chi connectivity index (χ0v) is 22.4. The van der Waals surface area contributed by atoms with Gasteiger partial charge in [-0.05, 0) is 31.1 Å². The number of carboxylic acid groups (broad SMARTS) is 1. The van der Waals surface area contributed by atoms with E-state index in [1.807, 2.05) is 20.8 Å². The fourth-order valence-corrected chi connectivity index (χ4v) is 3.69. The van der Waals surface area contributed by atoms with Gasteiger partial charge in [-0.15, -0.1) is 0 Å². The van der Waals surface area contributed by atoms with Crippen LogP contribution in [0.25, 0.3) is 0 Å². The SMILES string of the molecule is CCCC(=O)O.CCCCC(CC)COC(=O)CC(C(=O)OCC(CC)CCCC)S(=O)(=O)O.[NaH]. The van der Waals surface area contributed by atoms with Gasteiger partial charge in [-0.1, -0.05) is 73.1 Å². The Hall–Kier alpha value is -0.680. The van der Waals surface area contributed by atoms with Crippen LogP contribution in [-0.4, -0.2) is 84.0 Å². The van der Waals surface area contributed by atoms with Crippen LogP contribution < -0.4 is 0 Å². The molecule has 0 rings (SSSR count). The second-order valence-corrected chi connectivity index (χ2v) is 10.1. The molecule has 0 amide bonds. The van der Waals surface area contributed by atoms with E-state index in [2.05, 4.69) is 13.8 Å². The van der Waals surface area contributed by atoms with E-state index >= 15 is 0 Å². The molecule has 3 atom stereocenters. The van der Waals surface area contributed by atoms with Crippen molar-refractivity contribution >= 4 is 57.6 Å². The molecule has 204 valence electrons. The summed E-state index contributed by atoms with van der Waals surface area (Å²) in [6, 6.07) is 0. The third-order valence-corrected chi connectivity index (χ3v) is 6.54. The van der Waals surface area contributed by atoms with Crippen molar-refractivity contribution in [2.45, 2.75) is 110 Å². The first-order chi connectivity index (χ1) is 16.0. The summed E-state index contributed by atoms with van der Waals surface area (Å²) in [6.07, 6.45) is 7.76. The van der Waals surface area contributed by atoms with Crippen LogP contribution in [0.5, 0.6) is 0 Å². The van der Waals surface area contributed by atoms with Gasteiger partial charge in [-0.3, -0.25) is 18.9 Å². The minimum absolute atomic E-state index is 0. The zero-order chi connectivity index (χ0) is 26.6. The van der Waals surface area contributed by atoms with Crippen molar-refractivity contribution in [3.63, 3.8) is 0 Å². The molecule has 0 aromatic heterocycles. The predicted octanol–water partition coefficient (Wildman–Crippen LogP) is 4.37. The van der Waals surface area contributed by atoms with Crippen molar-refractivity contribution in [3.05, 3.63) is 0 Å². The van der Waals surface area contributed by atoms with Crippen LogP contribution in [-0.2, 0) is 34.0 Å². The summed E-state index contributed by atoms with van der Waals surface area (Å²) in [7, 11) is -4.76. The van der Waals surface area contributed by atoms with Gasteiger partial charge in [-0.25, -0.2) is 0 Å². The predicted molar refractivity (Wildman–Crippen MR) is 138 cm³/mol. The molecule has 0 saturated carbocycles. The van der Waals surface area contributed by atoms with E-state index in [4.69, 9.17) is 14.6 Å². The quantitative estimate of drug-likeness (QED) is 0.149. The number of hydrogen-bond acceptors (Lipinski definition) is 7. The molecule has 0 fully saturated rings. The van der Waals surface area contributed by atoms with Crippen molar-refractivity contribution in [2.75, 3.05) is 13.2 Å². The fraction of sp³-hybridized carbons (Fsp3) is 0.875. The Labute approximate surface area is 234 Å². The Morgan fingerprint density at radius 3 is 1.57 bits per heavy atom. The molecule has 35 heavy (non-hydrogen) atoms. The van der Waals surface area contributed by atoms with Crippen LogP contribution in [0.3, 0.4) is 0 Å².